The molecule has 0 saturated carbocycles. The van der Waals surface area contributed by atoms with Crippen LogP contribution in [0.2, 0.25) is 0 Å². The van der Waals surface area contributed by atoms with Crippen LogP contribution < -0.4 is 0 Å². The van der Waals surface area contributed by atoms with Crippen molar-refractivity contribution in [3.8, 4) is 11.4 Å². The minimum atomic E-state index is 0.761. The number of hydrogen-bond acceptors (Lipinski definition) is 2. The summed E-state index contributed by atoms with van der Waals surface area (Å²) in [4.78, 5) is 11.8. The first kappa shape index (κ1) is 8.17. The Hall–Kier alpha value is -2.16. The molecule has 2 heterocycles. The maximum atomic E-state index is 4.42. The van der Waals surface area contributed by atoms with Gasteiger partial charge in [0.1, 0.15) is 5.82 Å². The van der Waals surface area contributed by atoms with Gasteiger partial charge in [-0.25, -0.2) is 9.97 Å². The lowest BCUT2D eigenvalue weighted by Gasteiger charge is -1.92. The number of rotatable bonds is 1. The van der Waals surface area contributed by atoms with Gasteiger partial charge in [0.05, 0.1) is 5.52 Å². The van der Waals surface area contributed by atoms with Crippen LogP contribution in [-0.2, 0) is 0 Å². The molecule has 0 atom stereocenters. The zero-order valence-corrected chi connectivity index (χ0v) is 8.01. The highest BCUT2D eigenvalue weighted by Crippen LogP contribution is 2.18. The number of hydrogen-bond donors (Lipinski definition) is 1. The minimum absolute atomic E-state index is 0.761. The average molecular weight is 195 g/mol. The topological polar surface area (TPSA) is 41.6 Å². The molecule has 1 aromatic carbocycles. The van der Waals surface area contributed by atoms with E-state index in [0.29, 0.717) is 0 Å². The molecule has 0 aliphatic carbocycles. The molecule has 3 nitrogen and oxygen atoms in total. The first-order valence-corrected chi connectivity index (χ1v) is 4.80. The van der Waals surface area contributed by atoms with Gasteiger partial charge in [-0.05, 0) is 12.1 Å². The van der Waals surface area contributed by atoms with E-state index < -0.39 is 0 Å². The highest BCUT2D eigenvalue weighted by molar-refractivity contribution is 5.75. The fourth-order valence-electron chi connectivity index (χ4n) is 1.58. The van der Waals surface area contributed by atoms with Gasteiger partial charge in [0.15, 0.2) is 5.65 Å². The fourth-order valence-corrected chi connectivity index (χ4v) is 1.58. The lowest BCUT2D eigenvalue weighted by Crippen LogP contribution is -1.78. The summed E-state index contributed by atoms with van der Waals surface area (Å²) in [7, 11) is 0. The molecule has 2 aromatic heterocycles. The van der Waals surface area contributed by atoms with Crippen LogP contribution in [0, 0.1) is 0 Å². The molecule has 15 heavy (non-hydrogen) atoms. The van der Waals surface area contributed by atoms with Crippen molar-refractivity contribution in [3.05, 3.63) is 48.7 Å². The van der Waals surface area contributed by atoms with Gasteiger partial charge in [0.2, 0.25) is 0 Å². The van der Waals surface area contributed by atoms with Crippen LogP contribution in [0.3, 0.4) is 0 Å². The highest BCUT2D eigenvalue weighted by Gasteiger charge is 2.03. The average Bonchev–Trinajstić information content (AvgIpc) is 2.74. The molecule has 3 aromatic rings. The van der Waals surface area contributed by atoms with Gasteiger partial charge < -0.3 is 4.98 Å². The van der Waals surface area contributed by atoms with Crippen LogP contribution in [0.15, 0.2) is 48.7 Å². The molecule has 3 rings (SSSR count). The highest BCUT2D eigenvalue weighted by atomic mass is 15.0. The van der Waals surface area contributed by atoms with E-state index in [1.807, 2.05) is 42.5 Å². The molecule has 72 valence electrons. The first-order valence-electron chi connectivity index (χ1n) is 4.80. The Bertz CT molecular complexity index is 551. The third-order valence-electron chi connectivity index (χ3n) is 2.30. The molecule has 1 N–H and O–H groups in total. The summed E-state index contributed by atoms with van der Waals surface area (Å²) in [6.45, 7) is 0. The van der Waals surface area contributed by atoms with Crippen molar-refractivity contribution in [2.24, 2.45) is 0 Å². The number of H-pyrrole nitrogens is 1. The van der Waals surface area contributed by atoms with Gasteiger partial charge in [-0.3, -0.25) is 0 Å². The van der Waals surface area contributed by atoms with Crippen LogP contribution >= 0.6 is 0 Å². The van der Waals surface area contributed by atoms with Crippen molar-refractivity contribution in [1.29, 1.82) is 0 Å². The molecule has 0 unspecified atom stereocenters. The minimum Gasteiger partial charge on any atom is -0.337 e. The summed E-state index contributed by atoms with van der Waals surface area (Å²) in [6.07, 6.45) is 1.75. The SMILES string of the molecule is c1ccc(-c2nc3ncccc3[nH]2)cc1. The van der Waals surface area contributed by atoms with Gasteiger partial charge in [-0.2, -0.15) is 0 Å². The normalized spacial score (nSPS) is 10.7. The summed E-state index contributed by atoms with van der Waals surface area (Å²) in [5, 5.41) is 0. The lowest BCUT2D eigenvalue weighted by molar-refractivity contribution is 1.30. The second-order valence-electron chi connectivity index (χ2n) is 3.33. The maximum absolute atomic E-state index is 4.42. The van der Waals surface area contributed by atoms with E-state index in [9.17, 15) is 0 Å². The molecule has 0 aliphatic rings. The molecular formula is C12H9N3. The van der Waals surface area contributed by atoms with Crippen LogP contribution in [0.5, 0.6) is 0 Å². The van der Waals surface area contributed by atoms with Crippen molar-refractivity contribution in [2.45, 2.75) is 0 Å². The van der Waals surface area contributed by atoms with Crippen molar-refractivity contribution in [2.75, 3.05) is 0 Å². The van der Waals surface area contributed by atoms with E-state index in [2.05, 4.69) is 15.0 Å². The quantitative estimate of drug-likeness (QED) is 0.648. The summed E-state index contributed by atoms with van der Waals surface area (Å²) >= 11 is 0. The Morgan fingerprint density at radius 3 is 2.60 bits per heavy atom. The Morgan fingerprint density at radius 1 is 0.933 bits per heavy atom. The zero-order chi connectivity index (χ0) is 10.1. The number of pyridine rings is 1. The second kappa shape index (κ2) is 3.20. The number of fused-ring (bicyclic) bond motifs is 1. The number of benzene rings is 1. The maximum Gasteiger partial charge on any atom is 0.178 e. The zero-order valence-electron chi connectivity index (χ0n) is 8.01. The van der Waals surface area contributed by atoms with E-state index in [0.717, 1.165) is 22.6 Å². The van der Waals surface area contributed by atoms with E-state index >= 15 is 0 Å². The van der Waals surface area contributed by atoms with E-state index in [4.69, 9.17) is 0 Å². The van der Waals surface area contributed by atoms with Crippen molar-refractivity contribution >= 4 is 11.2 Å². The molecular weight excluding hydrogens is 186 g/mol. The third kappa shape index (κ3) is 1.38. The Morgan fingerprint density at radius 2 is 1.80 bits per heavy atom. The summed E-state index contributed by atoms with van der Waals surface area (Å²) in [5.41, 5.74) is 2.81. The molecule has 0 fully saturated rings. The van der Waals surface area contributed by atoms with Gasteiger partial charge in [0, 0.05) is 11.8 Å². The molecule has 0 spiro atoms. The van der Waals surface area contributed by atoms with E-state index in [-0.39, 0.29) is 0 Å². The largest absolute Gasteiger partial charge is 0.337 e. The van der Waals surface area contributed by atoms with Gasteiger partial charge in [-0.15, -0.1) is 0 Å². The molecule has 0 amide bonds. The number of aromatic nitrogens is 3. The van der Waals surface area contributed by atoms with Gasteiger partial charge in [-0.1, -0.05) is 30.3 Å². The first-order chi connectivity index (χ1) is 7.43. The lowest BCUT2D eigenvalue weighted by atomic mass is 10.2. The summed E-state index contributed by atoms with van der Waals surface area (Å²) in [5.74, 6) is 0.865. The predicted molar refractivity (Wildman–Crippen MR) is 59.3 cm³/mol. The standard InChI is InChI=1S/C12H9N3/c1-2-5-9(6-3-1)11-14-10-7-4-8-13-12(10)15-11/h1-8H,(H,13,14,15). The van der Waals surface area contributed by atoms with Crippen LogP contribution in [0.4, 0.5) is 0 Å². The molecule has 3 heteroatoms. The second-order valence-corrected chi connectivity index (χ2v) is 3.33. The summed E-state index contributed by atoms with van der Waals surface area (Å²) < 4.78 is 0. The molecule has 0 aliphatic heterocycles. The molecule has 0 radical (unpaired) electrons. The smallest absolute Gasteiger partial charge is 0.178 e. The predicted octanol–water partition coefficient (Wildman–Crippen LogP) is 2.62. The fraction of sp³-hybridized carbons (Fsp3) is 0. The number of nitrogens with one attached hydrogen (secondary N) is 1. The van der Waals surface area contributed by atoms with Crippen molar-refractivity contribution in [1.82, 2.24) is 15.0 Å². The van der Waals surface area contributed by atoms with Crippen LogP contribution in [-0.4, -0.2) is 15.0 Å². The van der Waals surface area contributed by atoms with E-state index in [1.54, 1.807) is 6.20 Å². The van der Waals surface area contributed by atoms with Crippen molar-refractivity contribution in [3.63, 3.8) is 0 Å². The molecule has 0 saturated heterocycles. The van der Waals surface area contributed by atoms with Crippen LogP contribution in [0.25, 0.3) is 22.6 Å². The monoisotopic (exact) mass is 195 g/mol. The third-order valence-corrected chi connectivity index (χ3v) is 2.30. The Kier molecular flexibility index (Phi) is 1.75. The van der Waals surface area contributed by atoms with Crippen molar-refractivity contribution < 1.29 is 0 Å². The Labute approximate surface area is 86.8 Å². The van der Waals surface area contributed by atoms with E-state index in [1.165, 1.54) is 0 Å². The Balaban J connectivity index is 2.21. The number of aromatic amines is 1. The number of nitrogens with zero attached hydrogens (tertiary/aromatic N) is 2. The van der Waals surface area contributed by atoms with Crippen LogP contribution in [0.1, 0.15) is 0 Å². The summed E-state index contributed by atoms with van der Waals surface area (Å²) in [6, 6.07) is 13.9. The number of imidazole rings is 1. The van der Waals surface area contributed by atoms with Gasteiger partial charge >= 0.3 is 0 Å². The van der Waals surface area contributed by atoms with Gasteiger partial charge in [0.25, 0.3) is 0 Å². The molecule has 0 bridgehead atoms.